The summed E-state index contributed by atoms with van der Waals surface area (Å²) in [6.07, 6.45) is 1.85. The topological polar surface area (TPSA) is 43.1 Å². The first-order valence-corrected chi connectivity index (χ1v) is 3.60. The Morgan fingerprint density at radius 2 is 2.33 bits per heavy atom. The van der Waals surface area contributed by atoms with Crippen molar-refractivity contribution in [2.75, 3.05) is 6.54 Å². The fourth-order valence-corrected chi connectivity index (χ4v) is 0.925. The Morgan fingerprint density at radius 1 is 1.78 bits per heavy atom. The van der Waals surface area contributed by atoms with E-state index < -0.39 is 0 Å². The molecule has 0 aromatic heterocycles. The number of carbonyl (C=O) groups excluding carboxylic acids is 1. The van der Waals surface area contributed by atoms with Crippen LogP contribution in [0.15, 0.2) is 0 Å². The molecule has 0 radical (unpaired) electrons. The highest BCUT2D eigenvalue weighted by Gasteiger charge is 2.10. The van der Waals surface area contributed by atoms with Gasteiger partial charge < -0.3 is 5.73 Å². The van der Waals surface area contributed by atoms with Gasteiger partial charge in [0.15, 0.2) is 5.12 Å². The van der Waals surface area contributed by atoms with Gasteiger partial charge in [0.25, 0.3) is 0 Å². The normalized spacial score (nSPS) is 13.2. The van der Waals surface area contributed by atoms with Crippen molar-refractivity contribution in [1.29, 1.82) is 0 Å². The van der Waals surface area contributed by atoms with Gasteiger partial charge in [-0.05, 0) is 6.42 Å². The molecule has 0 heterocycles. The van der Waals surface area contributed by atoms with Crippen molar-refractivity contribution in [2.45, 2.75) is 19.8 Å². The summed E-state index contributed by atoms with van der Waals surface area (Å²) < 4.78 is 0. The Bertz CT molecular complexity index is 95.1. The Labute approximate surface area is 61.2 Å². The highest BCUT2D eigenvalue weighted by atomic mass is 32.1. The standard InChI is InChI=1S/C6H13NOS/c1-2-3-5(4-7)6(8)9/h5H,2-4,7H2,1H3,(H,8,9). The molecule has 1 atom stereocenters. The van der Waals surface area contributed by atoms with Gasteiger partial charge in [0.1, 0.15) is 0 Å². The summed E-state index contributed by atoms with van der Waals surface area (Å²) in [5, 5.41) is -0.0839. The molecular formula is C6H13NOS. The highest BCUT2D eigenvalue weighted by Crippen LogP contribution is 2.06. The summed E-state index contributed by atoms with van der Waals surface area (Å²) in [7, 11) is 0. The molecule has 3 heteroatoms. The molecule has 0 aliphatic carbocycles. The van der Waals surface area contributed by atoms with Crippen LogP contribution in [0.1, 0.15) is 19.8 Å². The highest BCUT2D eigenvalue weighted by molar-refractivity contribution is 7.96. The van der Waals surface area contributed by atoms with E-state index in [1.54, 1.807) is 0 Å². The summed E-state index contributed by atoms with van der Waals surface area (Å²) in [6, 6.07) is 0. The smallest absolute Gasteiger partial charge is 0.190 e. The lowest BCUT2D eigenvalue weighted by atomic mass is 10.1. The molecule has 0 fully saturated rings. The fourth-order valence-electron chi connectivity index (χ4n) is 0.691. The van der Waals surface area contributed by atoms with Crippen molar-refractivity contribution in [2.24, 2.45) is 11.7 Å². The lowest BCUT2D eigenvalue weighted by Crippen LogP contribution is -2.19. The average molecular weight is 147 g/mol. The molecule has 0 spiro atoms. The molecule has 54 valence electrons. The van der Waals surface area contributed by atoms with Crippen LogP contribution >= 0.6 is 12.6 Å². The third kappa shape index (κ3) is 3.54. The number of thiol groups is 1. The number of carbonyl (C=O) groups is 1. The molecule has 0 aliphatic rings. The molecule has 2 N–H and O–H groups in total. The molecule has 0 aromatic rings. The second kappa shape index (κ2) is 4.82. The average Bonchev–Trinajstić information content (AvgIpc) is 1.82. The van der Waals surface area contributed by atoms with Crippen molar-refractivity contribution >= 4 is 17.7 Å². The molecule has 0 bridgehead atoms. The first kappa shape index (κ1) is 8.98. The van der Waals surface area contributed by atoms with Gasteiger partial charge in [-0.2, -0.15) is 0 Å². The zero-order chi connectivity index (χ0) is 7.28. The summed E-state index contributed by atoms with van der Waals surface area (Å²) in [4.78, 5) is 10.5. The third-order valence-corrected chi connectivity index (χ3v) is 1.64. The van der Waals surface area contributed by atoms with Gasteiger partial charge in [-0.25, -0.2) is 0 Å². The van der Waals surface area contributed by atoms with Crippen LogP contribution in [0.4, 0.5) is 0 Å². The molecule has 9 heavy (non-hydrogen) atoms. The predicted molar refractivity (Wildman–Crippen MR) is 41.4 cm³/mol. The van der Waals surface area contributed by atoms with Gasteiger partial charge in [0.05, 0.1) is 0 Å². The maximum Gasteiger partial charge on any atom is 0.190 e. The van der Waals surface area contributed by atoms with Crippen LogP contribution in [0, 0.1) is 5.92 Å². The number of hydrogen-bond acceptors (Lipinski definition) is 2. The first-order chi connectivity index (χ1) is 4.22. The zero-order valence-corrected chi connectivity index (χ0v) is 6.53. The van der Waals surface area contributed by atoms with Crippen LogP contribution in [0.5, 0.6) is 0 Å². The Balaban J connectivity index is 3.54. The summed E-state index contributed by atoms with van der Waals surface area (Å²) in [5.41, 5.74) is 5.29. The minimum atomic E-state index is -0.0839. The van der Waals surface area contributed by atoms with Gasteiger partial charge >= 0.3 is 0 Å². The molecular weight excluding hydrogens is 134 g/mol. The van der Waals surface area contributed by atoms with Crippen LogP contribution in [-0.4, -0.2) is 11.7 Å². The second-order valence-corrected chi connectivity index (χ2v) is 2.50. The quantitative estimate of drug-likeness (QED) is 0.578. The molecule has 0 saturated carbocycles. The van der Waals surface area contributed by atoms with E-state index in [1.165, 1.54) is 0 Å². The van der Waals surface area contributed by atoms with Crippen LogP contribution < -0.4 is 5.73 Å². The largest absolute Gasteiger partial charge is 0.330 e. The van der Waals surface area contributed by atoms with Crippen molar-refractivity contribution < 1.29 is 4.79 Å². The minimum absolute atomic E-state index is 0.0293. The number of rotatable bonds is 4. The van der Waals surface area contributed by atoms with E-state index >= 15 is 0 Å². The lowest BCUT2D eigenvalue weighted by Gasteiger charge is -2.06. The van der Waals surface area contributed by atoms with E-state index in [1.807, 2.05) is 6.92 Å². The predicted octanol–water partition coefficient (Wildman–Crippen LogP) is 0.818. The van der Waals surface area contributed by atoms with Gasteiger partial charge in [0.2, 0.25) is 0 Å². The maximum absolute atomic E-state index is 10.5. The van der Waals surface area contributed by atoms with Crippen molar-refractivity contribution in [3.63, 3.8) is 0 Å². The molecule has 0 aromatic carbocycles. The van der Waals surface area contributed by atoms with Gasteiger partial charge in [-0.15, -0.1) is 12.6 Å². The van der Waals surface area contributed by atoms with Gasteiger partial charge in [-0.1, -0.05) is 13.3 Å². The van der Waals surface area contributed by atoms with Gasteiger partial charge in [0, 0.05) is 12.5 Å². The van der Waals surface area contributed by atoms with E-state index in [4.69, 9.17) is 5.73 Å². The summed E-state index contributed by atoms with van der Waals surface area (Å²) in [6.45, 7) is 2.45. The van der Waals surface area contributed by atoms with Crippen molar-refractivity contribution in [3.8, 4) is 0 Å². The third-order valence-electron chi connectivity index (χ3n) is 1.27. The molecule has 0 rings (SSSR count). The summed E-state index contributed by atoms with van der Waals surface area (Å²) >= 11 is 3.69. The fraction of sp³-hybridized carbons (Fsp3) is 0.833. The molecule has 2 nitrogen and oxygen atoms in total. The molecule has 0 saturated heterocycles. The molecule has 0 aliphatic heterocycles. The van der Waals surface area contributed by atoms with Crippen LogP contribution in [0.3, 0.4) is 0 Å². The second-order valence-electron chi connectivity index (χ2n) is 2.06. The Morgan fingerprint density at radius 3 is 2.44 bits per heavy atom. The van der Waals surface area contributed by atoms with E-state index in [0.717, 1.165) is 12.8 Å². The number of hydrogen-bond donors (Lipinski definition) is 2. The number of nitrogens with two attached hydrogens (primary N) is 1. The van der Waals surface area contributed by atoms with Crippen LogP contribution in [-0.2, 0) is 4.79 Å². The molecule has 0 amide bonds. The Kier molecular flexibility index (Phi) is 4.81. The first-order valence-electron chi connectivity index (χ1n) is 3.15. The minimum Gasteiger partial charge on any atom is -0.330 e. The Hall–Kier alpha value is -0.0200. The zero-order valence-electron chi connectivity index (χ0n) is 5.63. The monoisotopic (exact) mass is 147 g/mol. The summed E-state index contributed by atoms with van der Waals surface area (Å²) in [5.74, 6) is -0.0293. The van der Waals surface area contributed by atoms with Crippen LogP contribution in [0.25, 0.3) is 0 Å². The lowest BCUT2D eigenvalue weighted by molar-refractivity contribution is -0.114. The van der Waals surface area contributed by atoms with Gasteiger partial charge in [-0.3, -0.25) is 4.79 Å². The van der Waals surface area contributed by atoms with E-state index in [0.29, 0.717) is 6.54 Å². The van der Waals surface area contributed by atoms with E-state index in [2.05, 4.69) is 12.6 Å². The van der Waals surface area contributed by atoms with E-state index in [-0.39, 0.29) is 11.0 Å². The van der Waals surface area contributed by atoms with E-state index in [9.17, 15) is 4.79 Å². The maximum atomic E-state index is 10.5. The molecule has 1 unspecified atom stereocenters. The SMILES string of the molecule is CCCC(CN)C(=O)S. The van der Waals surface area contributed by atoms with Crippen LogP contribution in [0.2, 0.25) is 0 Å². The van der Waals surface area contributed by atoms with Crippen molar-refractivity contribution in [3.05, 3.63) is 0 Å². The van der Waals surface area contributed by atoms with Crippen molar-refractivity contribution in [1.82, 2.24) is 0 Å².